The summed E-state index contributed by atoms with van der Waals surface area (Å²) < 4.78 is 24.2. The molecule has 0 fully saturated rings. The van der Waals surface area contributed by atoms with Gasteiger partial charge in [0.05, 0.1) is 50.6 Å². The highest BCUT2D eigenvalue weighted by Crippen LogP contribution is 2.40. The highest BCUT2D eigenvalue weighted by molar-refractivity contribution is 7.20. The van der Waals surface area contributed by atoms with E-state index < -0.39 is 25.6 Å². The number of carbonyl (C=O) groups is 2. The molecule has 0 radical (unpaired) electrons. The first-order valence-electron chi connectivity index (χ1n) is 29.4. The van der Waals surface area contributed by atoms with Crippen molar-refractivity contribution in [2.45, 2.75) is 6.92 Å². The van der Waals surface area contributed by atoms with E-state index in [0.29, 0.717) is 87.9 Å². The average molecular weight is 1210 g/mol. The van der Waals surface area contributed by atoms with Crippen molar-refractivity contribution in [2.24, 2.45) is 0 Å². The third-order valence-corrected chi connectivity index (χ3v) is 18.2. The molecule has 0 N–H and O–H groups in total. The van der Waals surface area contributed by atoms with Crippen LogP contribution in [0.2, 0.25) is 0 Å². The topological polar surface area (TPSA) is 126 Å². The van der Waals surface area contributed by atoms with Gasteiger partial charge in [0, 0.05) is 33.6 Å². The number of thiazole rings is 2. The fourth-order valence-corrected chi connectivity index (χ4v) is 13.9. The van der Waals surface area contributed by atoms with E-state index in [1.54, 1.807) is 79.9 Å². The van der Waals surface area contributed by atoms with Gasteiger partial charge < -0.3 is 23.2 Å². The summed E-state index contributed by atoms with van der Waals surface area (Å²) in [5, 5.41) is 15.7. The van der Waals surface area contributed by atoms with Gasteiger partial charge in [-0.2, -0.15) is 5.26 Å². The minimum absolute atomic E-state index is 0.241. The number of ether oxygens (including phenoxy) is 3. The summed E-state index contributed by atoms with van der Waals surface area (Å²) in [5.74, 6) is 0.198. The second kappa shape index (κ2) is 24.9. The average Bonchev–Trinajstić information content (AvgIpc) is 1.54. The first kappa shape index (κ1) is 57.2. The highest BCUT2D eigenvalue weighted by Gasteiger charge is 2.38. The Morgan fingerprint density at radius 1 is 0.484 bits per heavy atom. The van der Waals surface area contributed by atoms with Crippen LogP contribution < -0.4 is 46.8 Å². The maximum atomic E-state index is 13.8. The van der Waals surface area contributed by atoms with Gasteiger partial charge >= 0.3 is 25.6 Å². The Bertz CT molecular complexity index is 5110. The molecule has 0 amide bonds. The molecule has 91 heavy (non-hydrogen) atoms. The maximum absolute atomic E-state index is 13.8. The summed E-state index contributed by atoms with van der Waals surface area (Å²) in [4.78, 5) is 42.9. The summed E-state index contributed by atoms with van der Waals surface area (Å²) in [6.07, 6.45) is 0. The van der Waals surface area contributed by atoms with Crippen molar-refractivity contribution in [3.05, 3.63) is 316 Å². The quantitative estimate of drug-likeness (QED) is 0.0430. The Morgan fingerprint density at radius 3 is 1.31 bits per heavy atom. The van der Waals surface area contributed by atoms with Crippen molar-refractivity contribution < 1.29 is 23.8 Å². The molecular formula is C76H50B2N6O5S2. The van der Waals surface area contributed by atoms with Crippen LogP contribution in [0.5, 0.6) is 17.2 Å². The SMILES string of the molecule is [C-]#[N+]C(c1nc2cc(OC)ccc2s1)=c1c2c(-c3ccc(OC(=O)c4ccccc4)cc3)n(B(c3ccccc3)c3ccccc3)/c(=C(/C#N)c3nc4cc(C)ccc4s3)c2c(-c2ccc(OC(=O)c3ccccc3)cc2)n1B(c1ccccc1)c1ccccc1. The molecule has 10 aromatic carbocycles. The number of fused-ring (bicyclic) bond motifs is 3. The summed E-state index contributed by atoms with van der Waals surface area (Å²) in [6.45, 7) is 10.4. The van der Waals surface area contributed by atoms with Gasteiger partial charge in [-0.15, -0.1) is 22.7 Å². The number of nitrogens with zero attached hydrogens (tertiary/aromatic N) is 6. The molecule has 0 bridgehead atoms. The molecule has 0 saturated carbocycles. The maximum Gasteiger partial charge on any atom is 0.343 e. The fourth-order valence-electron chi connectivity index (χ4n) is 12.0. The predicted molar refractivity (Wildman–Crippen MR) is 367 cm³/mol. The lowest BCUT2D eigenvalue weighted by molar-refractivity contribution is 0.0725. The molecular weight excluding hydrogens is 1160 g/mol. The van der Waals surface area contributed by atoms with Gasteiger partial charge in [0.2, 0.25) is 5.70 Å². The van der Waals surface area contributed by atoms with Crippen LogP contribution in [0.1, 0.15) is 36.3 Å². The molecule has 0 saturated heterocycles. The molecule has 0 aliphatic heterocycles. The monoisotopic (exact) mass is 1210 g/mol. The first-order chi connectivity index (χ1) is 44.7. The van der Waals surface area contributed by atoms with Crippen LogP contribution in [0.4, 0.5) is 0 Å². The third-order valence-electron chi connectivity index (χ3n) is 16.1. The van der Waals surface area contributed by atoms with Crippen LogP contribution in [-0.2, 0) is 0 Å². The number of aromatic nitrogens is 4. The number of methoxy groups -OCH3 is 1. The molecule has 14 rings (SSSR count). The van der Waals surface area contributed by atoms with Crippen molar-refractivity contribution in [3.8, 4) is 45.8 Å². The lowest BCUT2D eigenvalue weighted by Gasteiger charge is -2.24. The minimum Gasteiger partial charge on any atom is -0.497 e. The van der Waals surface area contributed by atoms with Gasteiger partial charge in [0.1, 0.15) is 38.9 Å². The zero-order valence-corrected chi connectivity index (χ0v) is 50.7. The zero-order chi connectivity index (χ0) is 62.0. The fraction of sp³-hybridized carbons (Fsp3) is 0.0263. The van der Waals surface area contributed by atoms with E-state index in [1.807, 2.05) is 146 Å². The van der Waals surface area contributed by atoms with Crippen molar-refractivity contribution in [1.82, 2.24) is 18.9 Å². The summed E-state index contributed by atoms with van der Waals surface area (Å²) in [6, 6.07) is 88.1. The van der Waals surface area contributed by atoms with Gasteiger partial charge in [-0.3, -0.25) is 0 Å². The smallest absolute Gasteiger partial charge is 0.343 e. The first-order valence-corrected chi connectivity index (χ1v) is 31.0. The minimum atomic E-state index is -0.662. The Kier molecular flexibility index (Phi) is 15.6. The molecule has 0 aliphatic carbocycles. The lowest BCUT2D eigenvalue weighted by Crippen LogP contribution is -2.54. The van der Waals surface area contributed by atoms with E-state index >= 15 is 0 Å². The van der Waals surface area contributed by atoms with Crippen LogP contribution in [-0.4, -0.2) is 51.7 Å². The number of benzene rings is 10. The van der Waals surface area contributed by atoms with Gasteiger partial charge in [-0.05, 0) is 121 Å². The van der Waals surface area contributed by atoms with E-state index in [-0.39, 0.29) is 11.3 Å². The highest BCUT2D eigenvalue weighted by atomic mass is 32.1. The second-order valence-corrected chi connectivity index (χ2v) is 23.7. The summed E-state index contributed by atoms with van der Waals surface area (Å²) >= 11 is 2.84. The zero-order valence-electron chi connectivity index (χ0n) is 49.1. The standard InChI is InChI=1S/C76H50B2N6O5S2/c1-49-34-44-64-62(46-49)81-73(90-64)61(48-79)71-66-67(70(51-37-41-59(42-38-51)89-76(86)53-24-12-5-13-25-53)83(71)77(54-26-14-6-15-27-54)55-28-16-7-17-29-55)72(68(80-2)74-82-63-47-60(87-3)43-45-65(63)91-74)84(78(56-30-18-8-19-31-56)57-32-20-9-21-33-57)69(66)50-35-39-58(40-36-50)88-75(85)52-22-10-4-11-23-52/h4-47H,1,3H3/b71-61-,72-68?. The van der Waals surface area contributed by atoms with Crippen LogP contribution in [0, 0.1) is 24.8 Å². The number of esters is 2. The molecule has 4 aromatic heterocycles. The van der Waals surface area contributed by atoms with Crippen molar-refractivity contribution in [3.63, 3.8) is 0 Å². The van der Waals surface area contributed by atoms with Crippen molar-refractivity contribution >= 4 is 113 Å². The molecule has 15 heteroatoms. The lowest BCUT2D eigenvalue weighted by atomic mass is 9.50. The molecule has 11 nitrogen and oxygen atoms in total. The molecule has 432 valence electrons. The number of nitriles is 1. The third kappa shape index (κ3) is 10.9. The number of hydrogen-bond acceptors (Lipinski definition) is 10. The summed E-state index contributed by atoms with van der Waals surface area (Å²) in [7, 11) is 1.62. The number of aryl methyl sites for hydroxylation is 1. The molecule has 14 aromatic rings. The van der Waals surface area contributed by atoms with Crippen LogP contribution in [0.25, 0.3) is 69.8 Å². The van der Waals surface area contributed by atoms with Crippen molar-refractivity contribution in [2.75, 3.05) is 7.11 Å². The number of hydrogen-bond donors (Lipinski definition) is 0. The van der Waals surface area contributed by atoms with Gasteiger partial charge in [0.15, 0.2) is 0 Å². The second-order valence-electron chi connectivity index (χ2n) is 21.7. The number of carbonyl (C=O) groups excluding carboxylic acids is 2. The molecule has 4 heterocycles. The van der Waals surface area contributed by atoms with Crippen LogP contribution >= 0.6 is 22.7 Å². The molecule has 0 spiro atoms. The van der Waals surface area contributed by atoms with E-state index in [1.165, 1.54) is 22.7 Å². The van der Waals surface area contributed by atoms with E-state index in [9.17, 15) is 21.4 Å². The Hall–Kier alpha value is -11.6. The van der Waals surface area contributed by atoms with E-state index in [4.69, 9.17) is 24.2 Å². The molecule has 0 unspecified atom stereocenters. The van der Waals surface area contributed by atoms with E-state index in [2.05, 4.69) is 74.5 Å². The predicted octanol–water partition coefficient (Wildman–Crippen LogP) is 12.9. The van der Waals surface area contributed by atoms with E-state index in [0.717, 1.165) is 42.3 Å². The summed E-state index contributed by atoms with van der Waals surface area (Å²) in [5.41, 5.74) is 9.97. The Balaban J connectivity index is 1.24. The number of rotatable bonds is 15. The normalized spacial score (nSPS) is 11.8. The van der Waals surface area contributed by atoms with Crippen molar-refractivity contribution in [1.29, 1.82) is 5.26 Å². The Morgan fingerprint density at radius 2 is 0.868 bits per heavy atom. The Labute approximate surface area is 532 Å². The van der Waals surface area contributed by atoms with Crippen LogP contribution in [0.3, 0.4) is 0 Å². The van der Waals surface area contributed by atoms with Crippen LogP contribution in [0.15, 0.2) is 267 Å². The van der Waals surface area contributed by atoms with Gasteiger partial charge in [0.25, 0.3) is 0 Å². The molecule has 0 atom stereocenters. The largest absolute Gasteiger partial charge is 0.497 e. The van der Waals surface area contributed by atoms with Gasteiger partial charge in [-0.1, -0.05) is 186 Å². The molecule has 0 aliphatic rings. The van der Waals surface area contributed by atoms with Gasteiger partial charge in [-0.25, -0.2) is 24.4 Å².